The monoisotopic (exact) mass is 681 g/mol. The molecule has 2 aromatic rings. The quantitative estimate of drug-likeness (QED) is 0.319. The van der Waals surface area contributed by atoms with Crippen molar-refractivity contribution < 1.29 is 23.3 Å². The number of fused-ring (bicyclic) bond motifs is 4. The molecule has 1 unspecified atom stereocenters. The number of benzene rings is 2. The average Bonchev–Trinajstić information content (AvgIpc) is 3.18. The van der Waals surface area contributed by atoms with Crippen molar-refractivity contribution in [3.63, 3.8) is 0 Å². The molecule has 2 amide bonds. The number of methoxy groups -OCH3 is 1. The van der Waals surface area contributed by atoms with Crippen LogP contribution in [0.5, 0.6) is 5.75 Å². The summed E-state index contributed by atoms with van der Waals surface area (Å²) in [7, 11) is 0.372. The van der Waals surface area contributed by atoms with Crippen molar-refractivity contribution in [3.05, 3.63) is 70.3 Å². The summed E-state index contributed by atoms with van der Waals surface area (Å²) in [5.74, 6) is 4.53. The van der Waals surface area contributed by atoms with Crippen LogP contribution in [0.25, 0.3) is 0 Å². The first-order valence-corrected chi connectivity index (χ1v) is 19.0. The molecule has 47 heavy (non-hydrogen) atoms. The van der Waals surface area contributed by atoms with Gasteiger partial charge in [0.2, 0.25) is 5.91 Å². The van der Waals surface area contributed by atoms with Gasteiger partial charge in [-0.25, -0.2) is 4.21 Å². The Labute approximate surface area is 284 Å². The van der Waals surface area contributed by atoms with Gasteiger partial charge in [-0.15, -0.1) is 0 Å². The Hall–Kier alpha value is -3.01. The van der Waals surface area contributed by atoms with Crippen LogP contribution in [0.4, 0.5) is 5.69 Å². The van der Waals surface area contributed by atoms with E-state index in [0.717, 1.165) is 48.6 Å². The molecule has 2 aliphatic heterocycles. The summed E-state index contributed by atoms with van der Waals surface area (Å²) < 4.78 is 29.6. The second kappa shape index (κ2) is 13.1. The molecule has 1 fully saturated rings. The molecule has 2 N–H and O–H groups in total. The van der Waals surface area contributed by atoms with Crippen LogP contribution < -0.4 is 19.7 Å². The van der Waals surface area contributed by atoms with Gasteiger partial charge in [-0.05, 0) is 111 Å². The van der Waals surface area contributed by atoms with Gasteiger partial charge in [-0.2, -0.15) is 0 Å². The van der Waals surface area contributed by atoms with Gasteiger partial charge in [0.1, 0.15) is 5.75 Å². The molecule has 0 radical (unpaired) electrons. The second-order valence-corrected chi connectivity index (χ2v) is 17.1. The SMILES string of the molecule is C=S1(=O)NC(=O)c2ccc3c(c2)N(C[C@@H]2CC[C@H]2[C@@](CC(=O)NC)(OC)/C=C/C[C@H](C)[C@H]1C)C[C@@]1(CCCc2cc(Cl)ccc21)CO3. The van der Waals surface area contributed by atoms with E-state index in [1.54, 1.807) is 20.2 Å². The number of rotatable bonds is 3. The third kappa shape index (κ3) is 6.43. The van der Waals surface area contributed by atoms with E-state index < -0.39 is 26.5 Å². The summed E-state index contributed by atoms with van der Waals surface area (Å²) in [5, 5.41) is 3.15. The van der Waals surface area contributed by atoms with Crippen LogP contribution >= 0.6 is 11.6 Å². The lowest BCUT2D eigenvalue weighted by atomic mass is 9.62. The highest BCUT2D eigenvalue weighted by molar-refractivity contribution is 7.99. The number of carbonyl (C=O) groups is 2. The van der Waals surface area contributed by atoms with E-state index in [2.05, 4.69) is 45.1 Å². The molecule has 7 atom stereocenters. The molecule has 1 spiro atoms. The molecule has 0 saturated heterocycles. The Morgan fingerprint density at radius 1 is 1.23 bits per heavy atom. The number of hydrogen-bond donors (Lipinski definition) is 2. The number of nitrogens with zero attached hydrogens (tertiary/aromatic N) is 1. The highest BCUT2D eigenvalue weighted by atomic mass is 35.5. The molecule has 8 nitrogen and oxygen atoms in total. The number of halogens is 1. The molecule has 10 heteroatoms. The zero-order chi connectivity index (χ0) is 33.6. The first-order chi connectivity index (χ1) is 22.4. The summed E-state index contributed by atoms with van der Waals surface area (Å²) in [6.45, 7) is 5.81. The predicted molar refractivity (Wildman–Crippen MR) is 190 cm³/mol. The molecule has 6 rings (SSSR count). The van der Waals surface area contributed by atoms with Crippen molar-refractivity contribution >= 4 is 44.7 Å². The first-order valence-electron chi connectivity index (χ1n) is 16.8. The van der Waals surface area contributed by atoms with E-state index in [1.165, 1.54) is 11.1 Å². The molecule has 2 bridgehead atoms. The Morgan fingerprint density at radius 2 is 2.04 bits per heavy atom. The molecule has 2 aliphatic carbocycles. The number of nitrogens with one attached hydrogen (secondary N) is 2. The molecule has 0 aromatic heterocycles. The molecular weight excluding hydrogens is 634 g/mol. The van der Waals surface area contributed by atoms with E-state index in [4.69, 9.17) is 21.1 Å². The Bertz CT molecular complexity index is 1680. The molecule has 4 aliphatic rings. The van der Waals surface area contributed by atoms with Crippen LogP contribution in [0.15, 0.2) is 48.6 Å². The summed E-state index contributed by atoms with van der Waals surface area (Å²) in [4.78, 5) is 29.0. The topological polar surface area (TPSA) is 97.0 Å². The molecule has 2 heterocycles. The van der Waals surface area contributed by atoms with Crippen molar-refractivity contribution in [2.24, 2.45) is 17.8 Å². The van der Waals surface area contributed by atoms with Gasteiger partial charge in [-0.1, -0.05) is 36.7 Å². The summed E-state index contributed by atoms with van der Waals surface area (Å²) in [6.07, 6.45) is 9.85. The standard InChI is InChI=1S/C37H48ClN3O5S/c1-24-8-6-17-37(45-4,20-34(42)39-3)31-13-10-28(31)21-41-22-36(16-7-9-26-18-29(38)12-14-30(26)36)23-46-33-15-11-27(19-32(33)41)35(43)40-47(5,44)25(24)2/h6,11-12,14-15,17-19,24-25,28,31H,5,7-10,13,16,20-23H2,1-4H3,(H,39,42)(H,40,43,44)/b17-6+/t24-,25+,28-,31+,36-,37+,47?/m0/s1. The van der Waals surface area contributed by atoms with Crippen LogP contribution in [0.2, 0.25) is 5.02 Å². The molecule has 254 valence electrons. The van der Waals surface area contributed by atoms with Crippen molar-refractivity contribution in [3.8, 4) is 5.75 Å². The van der Waals surface area contributed by atoms with Crippen LogP contribution in [-0.4, -0.2) is 66.6 Å². The van der Waals surface area contributed by atoms with Gasteiger partial charge in [0.15, 0.2) is 0 Å². The van der Waals surface area contributed by atoms with Gasteiger partial charge in [0, 0.05) is 48.5 Å². The maximum absolute atomic E-state index is 13.8. The number of ether oxygens (including phenoxy) is 2. The zero-order valence-electron chi connectivity index (χ0n) is 28.0. The van der Waals surface area contributed by atoms with Gasteiger partial charge in [0.25, 0.3) is 5.91 Å². The fourth-order valence-electron chi connectivity index (χ4n) is 8.27. The number of aryl methyl sites for hydroxylation is 1. The van der Waals surface area contributed by atoms with E-state index in [9.17, 15) is 13.8 Å². The largest absolute Gasteiger partial charge is 0.490 e. The van der Waals surface area contributed by atoms with Crippen molar-refractivity contribution in [1.29, 1.82) is 0 Å². The maximum Gasteiger partial charge on any atom is 0.262 e. The lowest BCUT2D eigenvalue weighted by molar-refractivity contribution is -0.132. The van der Waals surface area contributed by atoms with Crippen LogP contribution in [0, 0.1) is 17.8 Å². The highest BCUT2D eigenvalue weighted by Crippen LogP contribution is 2.50. The van der Waals surface area contributed by atoms with E-state index in [-0.39, 0.29) is 35.5 Å². The number of allylic oxidation sites excluding steroid dienone is 1. The fraction of sp³-hybridized carbons (Fsp3) is 0.541. The van der Waals surface area contributed by atoms with Gasteiger partial charge >= 0.3 is 0 Å². The van der Waals surface area contributed by atoms with E-state index in [0.29, 0.717) is 31.7 Å². The van der Waals surface area contributed by atoms with Gasteiger partial charge in [-0.3, -0.25) is 14.3 Å². The maximum atomic E-state index is 13.8. The minimum Gasteiger partial charge on any atom is -0.490 e. The predicted octanol–water partition coefficient (Wildman–Crippen LogP) is 5.71. The lowest BCUT2D eigenvalue weighted by Gasteiger charge is -2.50. The second-order valence-electron chi connectivity index (χ2n) is 14.2. The summed E-state index contributed by atoms with van der Waals surface area (Å²) >= 11 is 6.45. The first kappa shape index (κ1) is 33.9. The Kier molecular flexibility index (Phi) is 9.46. The Morgan fingerprint density at radius 3 is 2.77 bits per heavy atom. The molecular formula is C37H48ClN3O5S. The summed E-state index contributed by atoms with van der Waals surface area (Å²) in [5.41, 5.74) is 2.73. The van der Waals surface area contributed by atoms with Crippen molar-refractivity contribution in [2.75, 3.05) is 38.8 Å². The summed E-state index contributed by atoms with van der Waals surface area (Å²) in [6, 6.07) is 11.7. The lowest BCUT2D eigenvalue weighted by Crippen LogP contribution is -2.54. The average molecular weight is 682 g/mol. The van der Waals surface area contributed by atoms with Crippen LogP contribution in [-0.2, 0) is 31.1 Å². The number of amides is 2. The highest BCUT2D eigenvalue weighted by Gasteiger charge is 2.50. The smallest absolute Gasteiger partial charge is 0.262 e. The number of carbonyl (C=O) groups excluding carboxylic acids is 2. The zero-order valence-corrected chi connectivity index (χ0v) is 29.6. The van der Waals surface area contributed by atoms with E-state index >= 15 is 0 Å². The minimum absolute atomic E-state index is 0.0448. The molecule has 1 saturated carbocycles. The normalized spacial score (nSPS) is 34.5. The fourth-order valence-corrected chi connectivity index (χ4v) is 9.95. The van der Waals surface area contributed by atoms with E-state index in [1.807, 2.05) is 32.0 Å². The number of hydrogen-bond acceptors (Lipinski definition) is 6. The van der Waals surface area contributed by atoms with Gasteiger partial charge in [0.05, 0.1) is 34.0 Å². The van der Waals surface area contributed by atoms with Crippen molar-refractivity contribution in [2.45, 2.75) is 75.1 Å². The molecule has 2 aromatic carbocycles. The Balaban J connectivity index is 1.47. The third-order valence-corrected chi connectivity index (χ3v) is 13.9. The third-order valence-electron chi connectivity index (χ3n) is 11.5. The minimum atomic E-state index is -2.99. The van der Waals surface area contributed by atoms with Gasteiger partial charge < -0.3 is 19.7 Å². The number of anilines is 1. The van der Waals surface area contributed by atoms with Crippen molar-refractivity contribution in [1.82, 2.24) is 10.0 Å². The van der Waals surface area contributed by atoms with Crippen LogP contribution in [0.1, 0.15) is 73.9 Å². The van der Waals surface area contributed by atoms with Crippen LogP contribution in [0.3, 0.4) is 0 Å².